The van der Waals surface area contributed by atoms with Crippen LogP contribution in [0.1, 0.15) is 32.3 Å². The van der Waals surface area contributed by atoms with Gasteiger partial charge >= 0.3 is 11.9 Å². The van der Waals surface area contributed by atoms with Crippen molar-refractivity contribution in [3.05, 3.63) is 41.5 Å². The predicted molar refractivity (Wildman–Crippen MR) is 101 cm³/mol. The second-order valence-electron chi connectivity index (χ2n) is 5.39. The molecule has 0 aromatic carbocycles. The van der Waals surface area contributed by atoms with E-state index in [9.17, 15) is 9.59 Å². The van der Waals surface area contributed by atoms with Gasteiger partial charge in [0.15, 0.2) is 0 Å². The topological polar surface area (TPSA) is 104 Å². The monoisotopic (exact) mass is 377 g/mol. The van der Waals surface area contributed by atoms with Crippen LogP contribution in [0.3, 0.4) is 0 Å². The smallest absolute Gasteiger partial charge is 0.338 e. The second-order valence-corrected chi connectivity index (χ2v) is 6.67. The number of carbonyl (C=O) groups excluding carboxylic acids is 2. The molecule has 2 unspecified atom stereocenters. The van der Waals surface area contributed by atoms with Crippen LogP contribution in [0.2, 0.25) is 0 Å². The zero-order chi connectivity index (χ0) is 19.1. The normalized spacial score (nSPS) is 19.7. The molecular weight excluding hydrogens is 354 g/mol. The van der Waals surface area contributed by atoms with Gasteiger partial charge in [0.1, 0.15) is 11.7 Å². The van der Waals surface area contributed by atoms with E-state index in [0.717, 1.165) is 5.56 Å². The lowest BCUT2D eigenvalue weighted by atomic mass is 9.79. The van der Waals surface area contributed by atoms with Gasteiger partial charge in [0.2, 0.25) is 0 Å². The molecule has 1 aliphatic rings. The second kappa shape index (κ2) is 9.38. The molecule has 2 rings (SSSR count). The molecule has 7 nitrogen and oxygen atoms in total. The fourth-order valence-corrected chi connectivity index (χ4v) is 3.70. The molecule has 2 atom stereocenters. The molecule has 140 valence electrons. The Kier molecular flexibility index (Phi) is 7.20. The number of hydrogen-bond acceptors (Lipinski definition) is 8. The molecule has 1 aliphatic heterocycles. The van der Waals surface area contributed by atoms with Gasteiger partial charge in [0.05, 0.1) is 23.8 Å². The maximum absolute atomic E-state index is 12.8. The van der Waals surface area contributed by atoms with Crippen LogP contribution < -0.4 is 5.73 Å². The van der Waals surface area contributed by atoms with E-state index in [1.165, 1.54) is 11.8 Å². The van der Waals surface area contributed by atoms with Crippen molar-refractivity contribution in [2.75, 3.05) is 19.0 Å². The van der Waals surface area contributed by atoms with Crippen LogP contribution in [0.15, 0.2) is 40.9 Å². The van der Waals surface area contributed by atoms with E-state index in [4.69, 9.17) is 15.2 Å². The molecule has 1 aromatic heterocycles. The molecule has 0 aliphatic carbocycles. The number of hydrogen-bond donors (Lipinski definition) is 1. The molecule has 0 fully saturated rings. The number of esters is 2. The lowest BCUT2D eigenvalue weighted by molar-refractivity contribution is -0.146. The van der Waals surface area contributed by atoms with E-state index in [0.29, 0.717) is 10.8 Å². The summed E-state index contributed by atoms with van der Waals surface area (Å²) in [7, 11) is 0. The zero-order valence-corrected chi connectivity index (χ0v) is 15.9. The minimum atomic E-state index is -0.756. The third kappa shape index (κ3) is 4.24. The quantitative estimate of drug-likeness (QED) is 0.758. The Labute approximate surface area is 157 Å². The average Bonchev–Trinajstić information content (AvgIpc) is 2.62. The Hall–Kier alpha value is -2.35. The van der Waals surface area contributed by atoms with Gasteiger partial charge in [-0.1, -0.05) is 6.92 Å². The van der Waals surface area contributed by atoms with Crippen LogP contribution in [0.25, 0.3) is 0 Å². The molecule has 2 heterocycles. The van der Waals surface area contributed by atoms with Crippen LogP contribution in [0, 0.1) is 5.92 Å². The number of ether oxygens (including phenoxy) is 2. The SMILES string of the molecule is CCOC(=O)C1=C(N)N=C(SCC)C(C(=O)OCC)C1c1ccncc1. The van der Waals surface area contributed by atoms with Gasteiger partial charge in [0, 0.05) is 18.3 Å². The van der Waals surface area contributed by atoms with Gasteiger partial charge in [-0.3, -0.25) is 9.78 Å². The first kappa shape index (κ1) is 20.0. The lowest BCUT2D eigenvalue weighted by Gasteiger charge is -2.31. The zero-order valence-electron chi connectivity index (χ0n) is 15.1. The van der Waals surface area contributed by atoms with Gasteiger partial charge in [-0.2, -0.15) is 0 Å². The summed E-state index contributed by atoms with van der Waals surface area (Å²) < 4.78 is 10.4. The summed E-state index contributed by atoms with van der Waals surface area (Å²) in [5.74, 6) is -1.63. The molecule has 0 saturated heterocycles. The fourth-order valence-electron chi connectivity index (χ4n) is 2.83. The van der Waals surface area contributed by atoms with Crippen molar-refractivity contribution in [2.45, 2.75) is 26.7 Å². The fraction of sp³-hybridized carbons (Fsp3) is 0.444. The van der Waals surface area contributed by atoms with Crippen molar-refractivity contribution >= 4 is 28.7 Å². The van der Waals surface area contributed by atoms with Gasteiger partial charge in [-0.05, 0) is 37.3 Å². The number of aromatic nitrogens is 1. The minimum absolute atomic E-state index is 0.0711. The molecule has 8 heteroatoms. The Bertz CT molecular complexity index is 718. The maximum atomic E-state index is 12.8. The maximum Gasteiger partial charge on any atom is 0.338 e. The van der Waals surface area contributed by atoms with E-state index >= 15 is 0 Å². The molecule has 26 heavy (non-hydrogen) atoms. The number of aliphatic imine (C=N–C) groups is 1. The van der Waals surface area contributed by atoms with Crippen molar-refractivity contribution < 1.29 is 19.1 Å². The molecule has 0 amide bonds. The van der Waals surface area contributed by atoms with Gasteiger partial charge < -0.3 is 15.2 Å². The summed E-state index contributed by atoms with van der Waals surface area (Å²) >= 11 is 1.41. The van der Waals surface area contributed by atoms with Gasteiger partial charge in [-0.15, -0.1) is 11.8 Å². The first-order valence-electron chi connectivity index (χ1n) is 8.49. The van der Waals surface area contributed by atoms with Crippen LogP contribution in [-0.4, -0.2) is 40.9 Å². The molecule has 0 spiro atoms. The van der Waals surface area contributed by atoms with E-state index in [1.54, 1.807) is 38.4 Å². The number of carbonyl (C=O) groups is 2. The number of thioether (sulfide) groups is 1. The van der Waals surface area contributed by atoms with Crippen LogP contribution in [0.4, 0.5) is 0 Å². The van der Waals surface area contributed by atoms with E-state index < -0.39 is 23.8 Å². The van der Waals surface area contributed by atoms with Gasteiger partial charge in [0.25, 0.3) is 0 Å². The highest BCUT2D eigenvalue weighted by Crippen LogP contribution is 2.41. The average molecular weight is 377 g/mol. The van der Waals surface area contributed by atoms with Crippen LogP contribution in [-0.2, 0) is 19.1 Å². The van der Waals surface area contributed by atoms with Crippen molar-refractivity contribution in [3.8, 4) is 0 Å². The Morgan fingerprint density at radius 1 is 1.15 bits per heavy atom. The highest BCUT2D eigenvalue weighted by Gasteiger charge is 2.44. The highest BCUT2D eigenvalue weighted by molar-refractivity contribution is 8.14. The largest absolute Gasteiger partial charge is 0.465 e. The van der Waals surface area contributed by atoms with Gasteiger partial charge in [-0.25, -0.2) is 9.79 Å². The van der Waals surface area contributed by atoms with Crippen molar-refractivity contribution in [3.63, 3.8) is 0 Å². The van der Waals surface area contributed by atoms with Crippen molar-refractivity contribution in [2.24, 2.45) is 16.6 Å². The molecule has 0 radical (unpaired) electrons. The van der Waals surface area contributed by atoms with Crippen LogP contribution >= 0.6 is 11.8 Å². The molecule has 1 aromatic rings. The first-order valence-corrected chi connectivity index (χ1v) is 9.48. The van der Waals surface area contributed by atoms with Crippen molar-refractivity contribution in [1.82, 2.24) is 4.98 Å². The number of rotatable bonds is 6. The van der Waals surface area contributed by atoms with Crippen LogP contribution in [0.5, 0.6) is 0 Å². The molecule has 0 bridgehead atoms. The summed E-state index contributed by atoms with van der Waals surface area (Å²) in [5.41, 5.74) is 7.01. The lowest BCUT2D eigenvalue weighted by Crippen LogP contribution is -2.38. The first-order chi connectivity index (χ1) is 12.5. The Morgan fingerprint density at radius 2 is 1.81 bits per heavy atom. The number of pyridine rings is 1. The summed E-state index contributed by atoms with van der Waals surface area (Å²) in [6, 6.07) is 3.51. The minimum Gasteiger partial charge on any atom is -0.465 e. The number of nitrogens with two attached hydrogens (primary N) is 1. The van der Waals surface area contributed by atoms with E-state index in [-0.39, 0.29) is 24.6 Å². The van der Waals surface area contributed by atoms with Crippen molar-refractivity contribution in [1.29, 1.82) is 0 Å². The van der Waals surface area contributed by atoms with E-state index in [2.05, 4.69) is 9.98 Å². The summed E-state index contributed by atoms with van der Waals surface area (Å²) in [5, 5.41) is 0.540. The standard InChI is InChI=1S/C18H23N3O4S/c1-4-24-17(22)13-12(11-7-9-20-10-8-11)14(18(23)25-5-2)16(26-6-3)21-15(13)19/h7-10,12,14H,4-6,19H2,1-3H3. The predicted octanol–water partition coefficient (Wildman–Crippen LogP) is 2.24. The molecule has 0 saturated carbocycles. The van der Waals surface area contributed by atoms with E-state index in [1.807, 2.05) is 6.92 Å². The third-order valence-corrected chi connectivity index (χ3v) is 4.74. The number of nitrogens with zero attached hydrogens (tertiary/aromatic N) is 2. The summed E-state index contributed by atoms with van der Waals surface area (Å²) in [4.78, 5) is 33.7. The summed E-state index contributed by atoms with van der Waals surface area (Å²) in [6.45, 7) is 5.84. The molecular formula is C18H23N3O4S. The molecule has 2 N–H and O–H groups in total. The summed E-state index contributed by atoms with van der Waals surface area (Å²) in [6.07, 6.45) is 3.21. The highest BCUT2D eigenvalue weighted by atomic mass is 32.2. The Morgan fingerprint density at radius 3 is 2.38 bits per heavy atom. The third-order valence-electron chi connectivity index (χ3n) is 3.81. The Balaban J connectivity index is 2.63.